The average molecular weight is 420 g/mol. The zero-order chi connectivity index (χ0) is 22.2. The Morgan fingerprint density at radius 1 is 0.935 bits per heavy atom. The molecule has 7 heteroatoms. The van der Waals surface area contributed by atoms with Gasteiger partial charge < -0.3 is 15.4 Å². The Morgan fingerprint density at radius 3 is 2.39 bits per heavy atom. The number of amides is 2. The maximum atomic E-state index is 13.6. The van der Waals surface area contributed by atoms with Gasteiger partial charge in [-0.3, -0.25) is 14.4 Å². The van der Waals surface area contributed by atoms with E-state index in [1.807, 2.05) is 0 Å². The lowest BCUT2D eigenvalue weighted by atomic mass is 10.1. The molecule has 31 heavy (non-hydrogen) atoms. The van der Waals surface area contributed by atoms with Crippen LogP contribution in [0.4, 0.5) is 10.1 Å². The number of carbonyl (C=O) groups excluding carboxylic acids is 3. The molecule has 0 aliphatic heterocycles. The van der Waals surface area contributed by atoms with E-state index in [9.17, 15) is 18.8 Å². The normalized spacial score (nSPS) is 10.3. The molecule has 0 atom stereocenters. The van der Waals surface area contributed by atoms with Crippen LogP contribution in [0.5, 0.6) is 5.75 Å². The van der Waals surface area contributed by atoms with Crippen molar-refractivity contribution in [2.24, 2.45) is 0 Å². The van der Waals surface area contributed by atoms with Gasteiger partial charge in [0.15, 0.2) is 0 Å². The van der Waals surface area contributed by atoms with Crippen molar-refractivity contribution in [2.45, 2.75) is 19.9 Å². The first-order valence-electron chi connectivity index (χ1n) is 9.59. The van der Waals surface area contributed by atoms with Gasteiger partial charge in [0, 0.05) is 24.7 Å². The molecule has 3 aromatic carbocycles. The van der Waals surface area contributed by atoms with Crippen molar-refractivity contribution in [3.05, 3.63) is 95.3 Å². The van der Waals surface area contributed by atoms with E-state index in [1.165, 1.54) is 19.1 Å². The van der Waals surface area contributed by atoms with E-state index in [0.29, 0.717) is 22.6 Å². The molecule has 0 saturated heterocycles. The van der Waals surface area contributed by atoms with Gasteiger partial charge in [-0.1, -0.05) is 36.4 Å². The summed E-state index contributed by atoms with van der Waals surface area (Å²) in [6.07, 6.45) is -0.0345. The topological polar surface area (TPSA) is 84.5 Å². The van der Waals surface area contributed by atoms with Crippen LogP contribution < -0.4 is 15.4 Å². The first-order chi connectivity index (χ1) is 14.9. The van der Waals surface area contributed by atoms with Crippen LogP contribution in [0.1, 0.15) is 28.4 Å². The number of hydrogen-bond acceptors (Lipinski definition) is 4. The molecule has 6 nitrogen and oxygen atoms in total. The van der Waals surface area contributed by atoms with E-state index in [1.54, 1.807) is 60.7 Å². The Labute approximate surface area is 179 Å². The SMILES string of the molecule is CC(=O)Oc1cccc(C(=O)Nc2ccc(CNC(=O)Cc3ccccc3F)cc2)c1. The summed E-state index contributed by atoms with van der Waals surface area (Å²) in [5, 5.41) is 5.51. The number of anilines is 1. The monoisotopic (exact) mass is 420 g/mol. The highest BCUT2D eigenvalue weighted by Gasteiger charge is 2.10. The van der Waals surface area contributed by atoms with Crippen LogP contribution in [0.3, 0.4) is 0 Å². The second-order valence-corrected chi connectivity index (χ2v) is 6.82. The largest absolute Gasteiger partial charge is 0.427 e. The van der Waals surface area contributed by atoms with E-state index in [0.717, 1.165) is 5.56 Å². The Morgan fingerprint density at radius 2 is 1.68 bits per heavy atom. The zero-order valence-corrected chi connectivity index (χ0v) is 16.9. The summed E-state index contributed by atoms with van der Waals surface area (Å²) < 4.78 is 18.6. The maximum Gasteiger partial charge on any atom is 0.308 e. The standard InChI is InChI=1S/C24H21FN2O4/c1-16(28)31-21-7-4-6-19(13-21)24(30)27-20-11-9-17(10-12-20)15-26-23(29)14-18-5-2-3-8-22(18)25/h2-13H,14-15H2,1H3,(H,26,29)(H,27,30). The van der Waals surface area contributed by atoms with Gasteiger partial charge in [0.05, 0.1) is 6.42 Å². The molecule has 0 radical (unpaired) electrons. The third-order valence-corrected chi connectivity index (χ3v) is 4.37. The number of rotatable bonds is 7. The van der Waals surface area contributed by atoms with Gasteiger partial charge in [0.2, 0.25) is 5.91 Å². The predicted molar refractivity (Wildman–Crippen MR) is 114 cm³/mol. The van der Waals surface area contributed by atoms with Gasteiger partial charge in [-0.25, -0.2) is 4.39 Å². The minimum atomic E-state index is -0.464. The van der Waals surface area contributed by atoms with E-state index in [2.05, 4.69) is 10.6 Å². The van der Waals surface area contributed by atoms with Crippen LogP contribution in [-0.4, -0.2) is 17.8 Å². The molecule has 2 amide bonds. The molecule has 3 rings (SSSR count). The first-order valence-corrected chi connectivity index (χ1v) is 9.59. The molecule has 158 valence electrons. The third kappa shape index (κ3) is 6.50. The van der Waals surface area contributed by atoms with Gasteiger partial charge in [0.1, 0.15) is 11.6 Å². The second kappa shape index (κ2) is 10.2. The van der Waals surface area contributed by atoms with Crippen molar-refractivity contribution in [1.82, 2.24) is 5.32 Å². The highest BCUT2D eigenvalue weighted by Crippen LogP contribution is 2.16. The van der Waals surface area contributed by atoms with Crippen LogP contribution in [0, 0.1) is 5.82 Å². The summed E-state index contributed by atoms with van der Waals surface area (Å²) in [5.41, 5.74) is 2.10. The number of carbonyl (C=O) groups is 3. The third-order valence-electron chi connectivity index (χ3n) is 4.37. The van der Waals surface area contributed by atoms with Crippen molar-refractivity contribution in [3.8, 4) is 5.75 Å². The molecule has 0 aliphatic carbocycles. The van der Waals surface area contributed by atoms with Crippen LogP contribution in [0.15, 0.2) is 72.8 Å². The van der Waals surface area contributed by atoms with E-state index >= 15 is 0 Å². The van der Waals surface area contributed by atoms with Crippen molar-refractivity contribution in [3.63, 3.8) is 0 Å². The minimum Gasteiger partial charge on any atom is -0.427 e. The van der Waals surface area contributed by atoms with E-state index < -0.39 is 11.8 Å². The Kier molecular flexibility index (Phi) is 7.11. The summed E-state index contributed by atoms with van der Waals surface area (Å²) in [6, 6.07) is 19.4. The fourth-order valence-electron chi connectivity index (χ4n) is 2.85. The van der Waals surface area contributed by atoms with Crippen LogP contribution in [0.25, 0.3) is 0 Å². The Hall–Kier alpha value is -4.00. The summed E-state index contributed by atoms with van der Waals surface area (Å²) >= 11 is 0. The molecular weight excluding hydrogens is 399 g/mol. The maximum absolute atomic E-state index is 13.6. The number of esters is 1. The fourth-order valence-corrected chi connectivity index (χ4v) is 2.85. The molecule has 0 fully saturated rings. The molecule has 3 aromatic rings. The summed E-state index contributed by atoms with van der Waals surface area (Å²) in [5.74, 6) is -1.21. The number of nitrogens with one attached hydrogen (secondary N) is 2. The second-order valence-electron chi connectivity index (χ2n) is 6.82. The number of ether oxygens (including phenoxy) is 1. The molecule has 2 N–H and O–H groups in total. The fraction of sp³-hybridized carbons (Fsp3) is 0.125. The Balaban J connectivity index is 1.53. The zero-order valence-electron chi connectivity index (χ0n) is 16.9. The molecule has 0 aromatic heterocycles. The number of halogens is 1. The molecule has 0 bridgehead atoms. The first kappa shape index (κ1) is 21.7. The number of benzene rings is 3. The van der Waals surface area contributed by atoms with Gasteiger partial charge in [-0.15, -0.1) is 0 Å². The van der Waals surface area contributed by atoms with Gasteiger partial charge in [-0.2, -0.15) is 0 Å². The highest BCUT2D eigenvalue weighted by atomic mass is 19.1. The number of hydrogen-bond donors (Lipinski definition) is 2. The van der Waals surface area contributed by atoms with Crippen LogP contribution in [-0.2, 0) is 22.6 Å². The van der Waals surface area contributed by atoms with Gasteiger partial charge in [-0.05, 0) is 47.5 Å². The molecular formula is C24H21FN2O4. The van der Waals surface area contributed by atoms with Crippen molar-refractivity contribution in [2.75, 3.05) is 5.32 Å². The summed E-state index contributed by atoms with van der Waals surface area (Å²) in [6.45, 7) is 1.57. The molecule has 0 unspecified atom stereocenters. The van der Waals surface area contributed by atoms with Crippen molar-refractivity contribution >= 4 is 23.5 Å². The summed E-state index contributed by atoms with van der Waals surface area (Å²) in [4.78, 5) is 35.5. The smallest absolute Gasteiger partial charge is 0.308 e. The Bertz CT molecular complexity index is 1100. The minimum absolute atomic E-state index is 0.0345. The lowest BCUT2D eigenvalue weighted by molar-refractivity contribution is -0.131. The quantitative estimate of drug-likeness (QED) is 0.449. The molecule has 0 spiro atoms. The van der Waals surface area contributed by atoms with Gasteiger partial charge >= 0.3 is 5.97 Å². The van der Waals surface area contributed by atoms with Crippen molar-refractivity contribution < 1.29 is 23.5 Å². The average Bonchev–Trinajstić information content (AvgIpc) is 2.74. The lowest BCUT2D eigenvalue weighted by Crippen LogP contribution is -2.24. The van der Waals surface area contributed by atoms with E-state index in [-0.39, 0.29) is 24.8 Å². The van der Waals surface area contributed by atoms with Gasteiger partial charge in [0.25, 0.3) is 5.91 Å². The van der Waals surface area contributed by atoms with Crippen LogP contribution >= 0.6 is 0 Å². The van der Waals surface area contributed by atoms with E-state index in [4.69, 9.17) is 4.74 Å². The molecule has 0 saturated carbocycles. The highest BCUT2D eigenvalue weighted by molar-refractivity contribution is 6.04. The molecule has 0 aliphatic rings. The predicted octanol–water partition coefficient (Wildman–Crippen LogP) is 3.86. The summed E-state index contributed by atoms with van der Waals surface area (Å²) in [7, 11) is 0. The molecule has 0 heterocycles. The van der Waals surface area contributed by atoms with Crippen molar-refractivity contribution in [1.29, 1.82) is 0 Å². The van der Waals surface area contributed by atoms with Crippen LogP contribution in [0.2, 0.25) is 0 Å². The lowest BCUT2D eigenvalue weighted by Gasteiger charge is -2.09.